The summed E-state index contributed by atoms with van der Waals surface area (Å²) in [5, 5.41) is 3.23. The minimum Gasteiger partial charge on any atom is -0.487 e. The van der Waals surface area contributed by atoms with Gasteiger partial charge in [0.05, 0.1) is 41.8 Å². The van der Waals surface area contributed by atoms with E-state index in [1.54, 1.807) is 6.07 Å². The van der Waals surface area contributed by atoms with Gasteiger partial charge in [-0.1, -0.05) is 23.2 Å². The summed E-state index contributed by atoms with van der Waals surface area (Å²) < 4.78 is 16.6. The second kappa shape index (κ2) is 8.68. The van der Waals surface area contributed by atoms with Crippen LogP contribution in [-0.4, -0.2) is 66.3 Å². The predicted molar refractivity (Wildman–Crippen MR) is 106 cm³/mol. The molecular weight excluding hydrogens is 437 g/mol. The van der Waals surface area contributed by atoms with Crippen LogP contribution in [0.2, 0.25) is 10.0 Å². The van der Waals surface area contributed by atoms with Crippen molar-refractivity contribution in [2.45, 2.75) is 12.1 Å². The van der Waals surface area contributed by atoms with E-state index in [4.69, 9.17) is 37.4 Å². The van der Waals surface area contributed by atoms with Gasteiger partial charge in [-0.25, -0.2) is 15.0 Å². The topological polar surface area (TPSA) is 116 Å². The molecule has 158 valence electrons. The molecule has 2 aromatic heterocycles. The molecule has 0 saturated carbocycles. The maximum Gasteiger partial charge on any atom is 0.289 e. The van der Waals surface area contributed by atoms with Gasteiger partial charge in [0, 0.05) is 19.3 Å². The van der Waals surface area contributed by atoms with E-state index < -0.39 is 24.0 Å². The normalized spacial score (nSPS) is 21.4. The summed E-state index contributed by atoms with van der Waals surface area (Å²) in [6, 6.07) is 0.575. The fraction of sp³-hybridized carbons (Fsp3) is 0.389. The number of hydrogen-bond donors (Lipinski definition) is 1. The van der Waals surface area contributed by atoms with Crippen LogP contribution in [0.25, 0.3) is 0 Å². The molecule has 0 aliphatic carbocycles. The number of carbonyl (C=O) groups is 2. The van der Waals surface area contributed by atoms with E-state index in [0.717, 1.165) is 0 Å². The van der Waals surface area contributed by atoms with Crippen LogP contribution in [0.3, 0.4) is 0 Å². The van der Waals surface area contributed by atoms with E-state index in [-0.39, 0.29) is 24.1 Å². The van der Waals surface area contributed by atoms with Gasteiger partial charge >= 0.3 is 0 Å². The van der Waals surface area contributed by atoms with Gasteiger partial charge < -0.3 is 19.5 Å². The zero-order chi connectivity index (χ0) is 21.3. The number of ether oxygens (including phenoxy) is 3. The van der Waals surface area contributed by atoms with Gasteiger partial charge in [0.15, 0.2) is 11.6 Å². The summed E-state index contributed by atoms with van der Waals surface area (Å²) in [5.74, 6) is -0.566. The van der Waals surface area contributed by atoms with Crippen LogP contribution in [0.5, 0.6) is 5.75 Å². The lowest BCUT2D eigenvalue weighted by atomic mass is 10.2. The summed E-state index contributed by atoms with van der Waals surface area (Å²) in [6.45, 7) is 1.03. The molecular formula is C18H17Cl2N5O5. The number of aromatic nitrogens is 3. The number of fused-ring (bicyclic) bond motifs is 1. The third kappa shape index (κ3) is 4.17. The standard InChI is InChI=1S/C18H17Cl2N5O5/c1-25-16-12(4-9(19)5-22-16)30-7-11(18(25)27)23-17(26)15-21-6-10(20)14(24-15)13-8-28-2-3-29-13/h4-6,11,13H,2-3,7-8H2,1H3,(H,23,26). The van der Waals surface area contributed by atoms with Crippen LogP contribution in [0.4, 0.5) is 5.82 Å². The third-order valence-corrected chi connectivity index (χ3v) is 5.05. The molecule has 12 heteroatoms. The highest BCUT2D eigenvalue weighted by Gasteiger charge is 2.32. The van der Waals surface area contributed by atoms with E-state index >= 15 is 0 Å². The van der Waals surface area contributed by atoms with Crippen molar-refractivity contribution in [3.63, 3.8) is 0 Å². The van der Waals surface area contributed by atoms with E-state index in [9.17, 15) is 9.59 Å². The first-order valence-electron chi connectivity index (χ1n) is 9.02. The van der Waals surface area contributed by atoms with E-state index in [2.05, 4.69) is 20.3 Å². The predicted octanol–water partition coefficient (Wildman–Crippen LogP) is 1.42. The molecule has 2 amide bonds. The maximum absolute atomic E-state index is 12.8. The SMILES string of the molecule is CN1C(=O)C(NC(=O)c2ncc(Cl)c(C3COCCO3)n2)COc2cc(Cl)cnc21. The molecule has 0 aromatic carbocycles. The van der Waals surface area contributed by atoms with E-state index in [1.807, 2.05) is 0 Å². The second-order valence-electron chi connectivity index (χ2n) is 6.57. The van der Waals surface area contributed by atoms with Crippen LogP contribution < -0.4 is 15.0 Å². The molecule has 1 fully saturated rings. The van der Waals surface area contributed by atoms with Crippen molar-refractivity contribution in [3.05, 3.63) is 40.0 Å². The molecule has 2 aliphatic rings. The lowest BCUT2D eigenvalue weighted by Crippen LogP contribution is -2.49. The van der Waals surface area contributed by atoms with Crippen molar-refractivity contribution in [2.75, 3.05) is 38.4 Å². The number of anilines is 1. The largest absolute Gasteiger partial charge is 0.487 e. The Hall–Kier alpha value is -2.53. The van der Waals surface area contributed by atoms with Gasteiger partial charge in [-0.05, 0) is 0 Å². The molecule has 10 nitrogen and oxygen atoms in total. The summed E-state index contributed by atoms with van der Waals surface area (Å²) in [6.07, 6.45) is 2.22. The number of hydrogen-bond acceptors (Lipinski definition) is 8. The quantitative estimate of drug-likeness (QED) is 0.741. The second-order valence-corrected chi connectivity index (χ2v) is 7.41. The number of halogens is 2. The molecule has 2 aliphatic heterocycles. The first-order valence-corrected chi connectivity index (χ1v) is 9.78. The molecule has 0 bridgehead atoms. The number of rotatable bonds is 3. The van der Waals surface area contributed by atoms with Crippen molar-refractivity contribution in [1.29, 1.82) is 0 Å². The number of amides is 2. The fourth-order valence-electron chi connectivity index (χ4n) is 3.04. The van der Waals surface area contributed by atoms with Crippen molar-refractivity contribution in [1.82, 2.24) is 20.3 Å². The number of likely N-dealkylation sites (N-methyl/N-ethyl adjacent to an activating group) is 1. The van der Waals surface area contributed by atoms with Gasteiger partial charge in [-0.3, -0.25) is 14.5 Å². The van der Waals surface area contributed by atoms with Gasteiger partial charge in [-0.2, -0.15) is 0 Å². The van der Waals surface area contributed by atoms with Crippen LogP contribution in [0, 0.1) is 0 Å². The Bertz CT molecular complexity index is 985. The third-order valence-electron chi connectivity index (χ3n) is 4.55. The van der Waals surface area contributed by atoms with E-state index in [0.29, 0.717) is 35.5 Å². The van der Waals surface area contributed by atoms with Gasteiger partial charge in [-0.15, -0.1) is 0 Å². The molecule has 1 N–H and O–H groups in total. The minimum absolute atomic E-state index is 0.107. The smallest absolute Gasteiger partial charge is 0.289 e. The Morgan fingerprint density at radius 1 is 1.23 bits per heavy atom. The lowest BCUT2D eigenvalue weighted by Gasteiger charge is -2.23. The monoisotopic (exact) mass is 453 g/mol. The Labute approximate surface area is 181 Å². The zero-order valence-electron chi connectivity index (χ0n) is 15.8. The van der Waals surface area contributed by atoms with Gasteiger partial charge in [0.25, 0.3) is 11.8 Å². The van der Waals surface area contributed by atoms with Crippen molar-refractivity contribution in [3.8, 4) is 5.75 Å². The van der Waals surface area contributed by atoms with Crippen LogP contribution >= 0.6 is 23.2 Å². The first kappa shape index (κ1) is 20.7. The lowest BCUT2D eigenvalue weighted by molar-refractivity contribution is -0.120. The molecule has 4 heterocycles. The van der Waals surface area contributed by atoms with Gasteiger partial charge in [0.2, 0.25) is 5.82 Å². The van der Waals surface area contributed by atoms with Crippen molar-refractivity contribution >= 4 is 40.8 Å². The number of carbonyl (C=O) groups excluding carboxylic acids is 2. The Kier molecular flexibility index (Phi) is 6.00. The molecule has 0 radical (unpaired) electrons. The molecule has 1 saturated heterocycles. The first-order chi connectivity index (χ1) is 14.4. The highest BCUT2D eigenvalue weighted by molar-refractivity contribution is 6.31. The fourth-order valence-corrected chi connectivity index (χ4v) is 3.40. The highest BCUT2D eigenvalue weighted by Crippen LogP contribution is 2.30. The number of nitrogens with one attached hydrogen (secondary N) is 1. The Morgan fingerprint density at radius 3 is 2.83 bits per heavy atom. The average molecular weight is 454 g/mol. The van der Waals surface area contributed by atoms with Crippen molar-refractivity contribution in [2.24, 2.45) is 0 Å². The summed E-state index contributed by atoms with van der Waals surface area (Å²) in [5.41, 5.74) is 0.350. The highest BCUT2D eigenvalue weighted by atomic mass is 35.5. The molecule has 0 spiro atoms. The Morgan fingerprint density at radius 2 is 2.07 bits per heavy atom. The van der Waals surface area contributed by atoms with Crippen LogP contribution in [-0.2, 0) is 14.3 Å². The molecule has 4 rings (SSSR count). The number of pyridine rings is 1. The molecule has 2 aromatic rings. The summed E-state index contributed by atoms with van der Waals surface area (Å²) in [4.78, 5) is 39.1. The minimum atomic E-state index is -0.979. The number of nitrogens with zero attached hydrogens (tertiary/aromatic N) is 4. The average Bonchev–Trinajstić information content (AvgIpc) is 2.86. The van der Waals surface area contributed by atoms with E-state index in [1.165, 1.54) is 24.3 Å². The van der Waals surface area contributed by atoms with Crippen LogP contribution in [0.1, 0.15) is 22.4 Å². The molecule has 30 heavy (non-hydrogen) atoms. The maximum atomic E-state index is 12.8. The summed E-state index contributed by atoms with van der Waals surface area (Å²) >= 11 is 12.1. The Balaban J connectivity index is 1.52. The van der Waals surface area contributed by atoms with Crippen molar-refractivity contribution < 1.29 is 23.8 Å². The summed E-state index contributed by atoms with van der Waals surface area (Å²) in [7, 11) is 1.53. The zero-order valence-corrected chi connectivity index (χ0v) is 17.3. The van der Waals surface area contributed by atoms with Crippen LogP contribution in [0.15, 0.2) is 18.5 Å². The molecule has 2 unspecified atom stereocenters. The van der Waals surface area contributed by atoms with Gasteiger partial charge in [0.1, 0.15) is 18.8 Å². The molecule has 2 atom stereocenters.